The van der Waals surface area contributed by atoms with Crippen molar-refractivity contribution in [3.8, 4) is 11.5 Å². The molecule has 2 N–H and O–H groups in total. The molecule has 2 aromatic carbocycles. The Morgan fingerprint density at radius 3 is 2.62 bits per heavy atom. The Labute approximate surface area is 183 Å². The molecular formula is C24H19N3O5. The average Bonchev–Trinajstić information content (AvgIpc) is 3.50. The van der Waals surface area contributed by atoms with Gasteiger partial charge in [0.15, 0.2) is 11.5 Å². The highest BCUT2D eigenvalue weighted by Crippen LogP contribution is 2.33. The van der Waals surface area contributed by atoms with E-state index in [0.717, 1.165) is 0 Å². The number of amides is 2. The van der Waals surface area contributed by atoms with E-state index in [0.29, 0.717) is 28.4 Å². The van der Waals surface area contributed by atoms with Gasteiger partial charge in [0, 0.05) is 11.8 Å². The molecule has 32 heavy (non-hydrogen) atoms. The molecule has 2 amide bonds. The van der Waals surface area contributed by atoms with Crippen LogP contribution in [0.15, 0.2) is 88.2 Å². The second-order valence-electron chi connectivity index (χ2n) is 6.58. The van der Waals surface area contributed by atoms with Gasteiger partial charge in [-0.3, -0.25) is 9.59 Å². The van der Waals surface area contributed by atoms with E-state index in [1.807, 2.05) is 0 Å². The average molecular weight is 429 g/mol. The summed E-state index contributed by atoms with van der Waals surface area (Å²) in [6.07, 6.45) is 7.80. The van der Waals surface area contributed by atoms with Crippen LogP contribution in [0.4, 0.5) is 0 Å². The highest BCUT2D eigenvalue weighted by molar-refractivity contribution is 6.05. The number of fused-ring (bicyclic) bond motifs is 1. The van der Waals surface area contributed by atoms with E-state index in [2.05, 4.69) is 15.8 Å². The number of hydrazone groups is 1. The molecule has 8 nitrogen and oxygen atoms in total. The van der Waals surface area contributed by atoms with Crippen LogP contribution in [0.25, 0.3) is 12.2 Å². The van der Waals surface area contributed by atoms with E-state index in [4.69, 9.17) is 13.9 Å². The Bertz CT molecular complexity index is 1180. The van der Waals surface area contributed by atoms with Gasteiger partial charge in [0.05, 0.1) is 6.26 Å². The maximum absolute atomic E-state index is 12.7. The van der Waals surface area contributed by atoms with E-state index in [1.165, 1.54) is 12.3 Å². The number of ether oxygens (including phenoxy) is 2. The number of nitrogens with one attached hydrogen (secondary N) is 2. The van der Waals surface area contributed by atoms with Crippen molar-refractivity contribution in [1.29, 1.82) is 0 Å². The largest absolute Gasteiger partial charge is 0.465 e. The molecule has 0 bridgehead atoms. The van der Waals surface area contributed by atoms with Crippen LogP contribution in [0.2, 0.25) is 0 Å². The van der Waals surface area contributed by atoms with E-state index < -0.39 is 11.8 Å². The van der Waals surface area contributed by atoms with Crippen molar-refractivity contribution >= 4 is 30.2 Å². The first-order chi connectivity index (χ1) is 15.7. The first-order valence-corrected chi connectivity index (χ1v) is 9.70. The molecule has 0 spiro atoms. The second kappa shape index (κ2) is 9.94. The van der Waals surface area contributed by atoms with Gasteiger partial charge < -0.3 is 19.2 Å². The van der Waals surface area contributed by atoms with Gasteiger partial charge in [0.1, 0.15) is 11.5 Å². The summed E-state index contributed by atoms with van der Waals surface area (Å²) in [5, 5.41) is 6.53. The first-order valence-electron chi connectivity index (χ1n) is 9.70. The zero-order chi connectivity index (χ0) is 22.2. The van der Waals surface area contributed by atoms with Crippen LogP contribution in [0.1, 0.15) is 21.7 Å². The van der Waals surface area contributed by atoms with Crippen molar-refractivity contribution in [3.05, 3.63) is 95.6 Å². The third-order valence-electron chi connectivity index (χ3n) is 4.37. The van der Waals surface area contributed by atoms with Gasteiger partial charge in [-0.2, -0.15) is 5.10 Å². The molecule has 1 aromatic heterocycles. The SMILES string of the molecule is O=C(NN=CC=Cc1ccco1)C(=Cc1ccc2c(c1)OCO2)NC(=O)c1ccccc1. The predicted octanol–water partition coefficient (Wildman–Crippen LogP) is 3.59. The highest BCUT2D eigenvalue weighted by Gasteiger charge is 2.16. The Morgan fingerprint density at radius 1 is 0.969 bits per heavy atom. The number of carbonyl (C=O) groups excluding carboxylic acids is 2. The number of hydrogen-bond acceptors (Lipinski definition) is 6. The van der Waals surface area contributed by atoms with Gasteiger partial charge in [-0.25, -0.2) is 5.43 Å². The number of carbonyl (C=O) groups is 2. The number of benzene rings is 2. The maximum Gasteiger partial charge on any atom is 0.287 e. The standard InChI is InChI=1S/C24H19N3O5/c28-23(18-6-2-1-3-7-18)26-20(14-17-10-11-21-22(15-17)32-16-31-21)24(29)27-25-12-4-8-19-9-5-13-30-19/h1-15H,16H2,(H,26,28)(H,27,29). The molecule has 8 heteroatoms. The fourth-order valence-corrected chi connectivity index (χ4v) is 2.84. The summed E-state index contributed by atoms with van der Waals surface area (Å²) < 4.78 is 15.9. The predicted molar refractivity (Wildman–Crippen MR) is 119 cm³/mol. The van der Waals surface area contributed by atoms with E-state index in [1.54, 1.807) is 79.1 Å². The molecule has 0 fully saturated rings. The molecule has 2 heterocycles. The minimum absolute atomic E-state index is 0.0184. The summed E-state index contributed by atoms with van der Waals surface area (Å²) in [4.78, 5) is 25.3. The summed E-state index contributed by atoms with van der Waals surface area (Å²) in [6.45, 7) is 0.140. The number of furan rings is 1. The highest BCUT2D eigenvalue weighted by atomic mass is 16.7. The molecule has 4 rings (SSSR count). The number of rotatable bonds is 7. The lowest BCUT2D eigenvalue weighted by Gasteiger charge is -2.09. The zero-order valence-electron chi connectivity index (χ0n) is 16.9. The number of nitrogens with zero attached hydrogens (tertiary/aromatic N) is 1. The summed E-state index contributed by atoms with van der Waals surface area (Å²) in [6, 6.07) is 17.4. The van der Waals surface area contributed by atoms with Crippen molar-refractivity contribution in [2.45, 2.75) is 0 Å². The molecule has 3 aromatic rings. The third kappa shape index (κ3) is 5.31. The fourth-order valence-electron chi connectivity index (χ4n) is 2.84. The van der Waals surface area contributed by atoms with Gasteiger partial charge in [0.25, 0.3) is 11.8 Å². The topological polar surface area (TPSA) is 102 Å². The van der Waals surface area contributed by atoms with Crippen LogP contribution >= 0.6 is 0 Å². The fraction of sp³-hybridized carbons (Fsp3) is 0.0417. The maximum atomic E-state index is 12.7. The van der Waals surface area contributed by atoms with E-state index >= 15 is 0 Å². The van der Waals surface area contributed by atoms with Gasteiger partial charge in [-0.05, 0) is 60.2 Å². The molecule has 0 saturated heterocycles. The third-order valence-corrected chi connectivity index (χ3v) is 4.37. The van der Waals surface area contributed by atoms with Crippen LogP contribution in [0.3, 0.4) is 0 Å². The molecule has 0 unspecified atom stereocenters. The molecule has 1 aliphatic heterocycles. The molecule has 160 valence electrons. The normalized spacial score (nSPS) is 12.9. The monoisotopic (exact) mass is 429 g/mol. The second-order valence-corrected chi connectivity index (χ2v) is 6.58. The summed E-state index contributed by atoms with van der Waals surface area (Å²) in [5.41, 5.74) is 3.49. The Hall–Kier alpha value is -4.59. The molecule has 0 atom stereocenters. The van der Waals surface area contributed by atoms with Crippen molar-refractivity contribution in [1.82, 2.24) is 10.7 Å². The quantitative estimate of drug-likeness (QED) is 0.339. The molecule has 1 aliphatic rings. The first kappa shape index (κ1) is 20.7. The lowest BCUT2D eigenvalue weighted by molar-refractivity contribution is -0.117. The van der Waals surface area contributed by atoms with Crippen LogP contribution in [0.5, 0.6) is 11.5 Å². The molecular weight excluding hydrogens is 410 g/mol. The van der Waals surface area contributed by atoms with Crippen molar-refractivity contribution in [2.24, 2.45) is 5.10 Å². The van der Waals surface area contributed by atoms with Crippen LogP contribution in [0, 0.1) is 0 Å². The summed E-state index contributed by atoms with van der Waals surface area (Å²) in [5.74, 6) is 0.828. The number of allylic oxidation sites excluding steroid dienone is 1. The molecule has 0 aliphatic carbocycles. The molecule has 0 saturated carbocycles. The Morgan fingerprint density at radius 2 is 1.81 bits per heavy atom. The van der Waals surface area contributed by atoms with E-state index in [9.17, 15) is 9.59 Å². The minimum atomic E-state index is -0.588. The molecule has 0 radical (unpaired) electrons. The van der Waals surface area contributed by atoms with E-state index in [-0.39, 0.29) is 12.5 Å². The summed E-state index contributed by atoms with van der Waals surface area (Å²) >= 11 is 0. The lowest BCUT2D eigenvalue weighted by Crippen LogP contribution is -2.32. The lowest BCUT2D eigenvalue weighted by atomic mass is 10.1. The van der Waals surface area contributed by atoms with Gasteiger partial charge >= 0.3 is 0 Å². The Kier molecular flexibility index (Phi) is 6.42. The Balaban J connectivity index is 1.51. The zero-order valence-corrected chi connectivity index (χ0v) is 16.9. The van der Waals surface area contributed by atoms with Crippen LogP contribution in [-0.2, 0) is 4.79 Å². The van der Waals surface area contributed by atoms with Crippen molar-refractivity contribution < 1.29 is 23.5 Å². The van der Waals surface area contributed by atoms with Crippen LogP contribution < -0.4 is 20.2 Å². The summed E-state index contributed by atoms with van der Waals surface area (Å²) in [7, 11) is 0. The number of hydrogen-bond donors (Lipinski definition) is 2. The van der Waals surface area contributed by atoms with Gasteiger partial charge in [-0.15, -0.1) is 0 Å². The van der Waals surface area contributed by atoms with Gasteiger partial charge in [-0.1, -0.05) is 24.3 Å². The van der Waals surface area contributed by atoms with Crippen LogP contribution in [-0.4, -0.2) is 24.8 Å². The van der Waals surface area contributed by atoms with Crippen molar-refractivity contribution in [2.75, 3.05) is 6.79 Å². The van der Waals surface area contributed by atoms with Crippen molar-refractivity contribution in [3.63, 3.8) is 0 Å². The van der Waals surface area contributed by atoms with Gasteiger partial charge in [0.2, 0.25) is 6.79 Å². The minimum Gasteiger partial charge on any atom is -0.465 e. The smallest absolute Gasteiger partial charge is 0.287 e.